The van der Waals surface area contributed by atoms with E-state index in [0.29, 0.717) is 6.42 Å². The Morgan fingerprint density at radius 2 is 2.00 bits per heavy atom. The first-order valence-corrected chi connectivity index (χ1v) is 7.33. The molecule has 0 fully saturated rings. The average Bonchev–Trinajstić information content (AvgIpc) is 2.73. The quantitative estimate of drug-likeness (QED) is 0.870. The van der Waals surface area contributed by atoms with E-state index < -0.39 is 0 Å². The Kier molecular flexibility index (Phi) is 3.90. The van der Waals surface area contributed by atoms with Crippen molar-refractivity contribution >= 4 is 5.82 Å². The lowest BCUT2D eigenvalue weighted by Crippen LogP contribution is -2.09. The van der Waals surface area contributed by atoms with Gasteiger partial charge in [0, 0.05) is 30.2 Å². The zero-order valence-corrected chi connectivity index (χ0v) is 11.9. The van der Waals surface area contributed by atoms with E-state index >= 15 is 0 Å². The maximum absolute atomic E-state index is 4.79. The summed E-state index contributed by atoms with van der Waals surface area (Å²) in [5.41, 5.74) is 3.56. The number of aryl methyl sites for hydroxylation is 1. The molecule has 2 aromatic heterocycles. The van der Waals surface area contributed by atoms with Crippen molar-refractivity contribution in [1.82, 2.24) is 15.0 Å². The second kappa shape index (κ2) is 5.99. The minimum Gasteiger partial charge on any atom is -0.373 e. The van der Waals surface area contributed by atoms with E-state index in [9.17, 15) is 0 Å². The first-order chi connectivity index (χ1) is 9.86. The molecule has 1 N–H and O–H groups in total. The molecule has 0 saturated carbocycles. The number of hydrogen-bond acceptors (Lipinski definition) is 4. The molecule has 0 aromatic carbocycles. The third kappa shape index (κ3) is 2.79. The molecular formula is C16H20N4. The van der Waals surface area contributed by atoms with Crippen molar-refractivity contribution in [2.24, 2.45) is 0 Å². The number of aromatic nitrogens is 3. The van der Waals surface area contributed by atoms with Gasteiger partial charge in [0.25, 0.3) is 0 Å². The fraction of sp³-hybridized carbons (Fsp3) is 0.438. The van der Waals surface area contributed by atoms with Gasteiger partial charge in [-0.15, -0.1) is 0 Å². The molecule has 104 valence electrons. The smallest absolute Gasteiger partial charge is 0.136 e. The molecule has 0 bridgehead atoms. The predicted molar refractivity (Wildman–Crippen MR) is 79.9 cm³/mol. The molecule has 0 spiro atoms. The summed E-state index contributed by atoms with van der Waals surface area (Å²) >= 11 is 0. The molecule has 0 aliphatic heterocycles. The lowest BCUT2D eigenvalue weighted by molar-refractivity contribution is 0.708. The van der Waals surface area contributed by atoms with Crippen LogP contribution in [0.1, 0.15) is 42.0 Å². The molecule has 0 amide bonds. The summed E-state index contributed by atoms with van der Waals surface area (Å²) in [5.74, 6) is 1.87. The Hall–Kier alpha value is -1.97. The maximum atomic E-state index is 4.79. The van der Waals surface area contributed by atoms with E-state index in [-0.39, 0.29) is 0 Å². The predicted octanol–water partition coefficient (Wildman–Crippen LogP) is 2.77. The molecule has 1 aliphatic rings. The standard InChI is InChI=1S/C16H20N4/c1-17-16-13-8-3-2-4-9-14(13)19-15(20-16)11-12-7-5-6-10-18-12/h5-7,10H,2-4,8-9,11H2,1H3,(H,17,19,20). The number of anilines is 1. The Balaban J connectivity index is 1.94. The van der Waals surface area contributed by atoms with E-state index in [1.807, 2.05) is 31.4 Å². The zero-order chi connectivity index (χ0) is 13.8. The van der Waals surface area contributed by atoms with Gasteiger partial charge in [0.05, 0.1) is 6.42 Å². The summed E-state index contributed by atoms with van der Waals surface area (Å²) in [6, 6.07) is 5.96. The number of hydrogen-bond donors (Lipinski definition) is 1. The molecular weight excluding hydrogens is 248 g/mol. The first-order valence-electron chi connectivity index (χ1n) is 7.33. The van der Waals surface area contributed by atoms with Crippen LogP contribution in [0.4, 0.5) is 5.82 Å². The van der Waals surface area contributed by atoms with E-state index in [1.54, 1.807) is 0 Å². The molecule has 20 heavy (non-hydrogen) atoms. The molecule has 1 aliphatic carbocycles. The van der Waals surface area contributed by atoms with Crippen molar-refractivity contribution in [3.8, 4) is 0 Å². The summed E-state index contributed by atoms with van der Waals surface area (Å²) in [6.07, 6.45) is 8.44. The Bertz CT molecular complexity index is 581. The van der Waals surface area contributed by atoms with Crippen LogP contribution in [0.2, 0.25) is 0 Å². The van der Waals surface area contributed by atoms with Crippen LogP contribution in [0.25, 0.3) is 0 Å². The van der Waals surface area contributed by atoms with Crippen molar-refractivity contribution < 1.29 is 0 Å². The van der Waals surface area contributed by atoms with Crippen LogP contribution >= 0.6 is 0 Å². The van der Waals surface area contributed by atoms with Crippen LogP contribution in [0, 0.1) is 0 Å². The molecule has 3 rings (SSSR count). The molecule has 2 aromatic rings. The van der Waals surface area contributed by atoms with E-state index in [1.165, 1.54) is 30.5 Å². The molecule has 0 atom stereocenters. The van der Waals surface area contributed by atoms with E-state index in [2.05, 4.69) is 15.3 Å². The van der Waals surface area contributed by atoms with Gasteiger partial charge in [-0.05, 0) is 37.8 Å². The summed E-state index contributed by atoms with van der Waals surface area (Å²) in [7, 11) is 1.94. The monoisotopic (exact) mass is 268 g/mol. The van der Waals surface area contributed by atoms with Gasteiger partial charge in [-0.1, -0.05) is 12.5 Å². The second-order valence-electron chi connectivity index (χ2n) is 5.22. The van der Waals surface area contributed by atoms with Crippen LogP contribution in [-0.4, -0.2) is 22.0 Å². The summed E-state index contributed by atoms with van der Waals surface area (Å²) in [4.78, 5) is 13.8. The van der Waals surface area contributed by atoms with E-state index in [0.717, 1.165) is 30.2 Å². The average molecular weight is 268 g/mol. The van der Waals surface area contributed by atoms with Gasteiger partial charge in [0.1, 0.15) is 11.6 Å². The van der Waals surface area contributed by atoms with Gasteiger partial charge in [0.2, 0.25) is 0 Å². The number of fused-ring (bicyclic) bond motifs is 1. The molecule has 2 heterocycles. The number of nitrogens with zero attached hydrogens (tertiary/aromatic N) is 3. The van der Waals surface area contributed by atoms with Crippen molar-refractivity contribution in [3.63, 3.8) is 0 Å². The largest absolute Gasteiger partial charge is 0.373 e. The minimum absolute atomic E-state index is 0.697. The normalized spacial score (nSPS) is 14.4. The van der Waals surface area contributed by atoms with Gasteiger partial charge in [-0.2, -0.15) is 0 Å². The summed E-state index contributed by atoms with van der Waals surface area (Å²) < 4.78 is 0. The van der Waals surface area contributed by atoms with Crippen LogP contribution in [0.3, 0.4) is 0 Å². The highest BCUT2D eigenvalue weighted by atomic mass is 15.0. The van der Waals surface area contributed by atoms with Crippen LogP contribution in [0.5, 0.6) is 0 Å². The van der Waals surface area contributed by atoms with Gasteiger partial charge < -0.3 is 5.32 Å². The SMILES string of the molecule is CNc1nc(Cc2ccccn2)nc2c1CCCCC2. The number of nitrogens with one attached hydrogen (secondary N) is 1. The zero-order valence-electron chi connectivity index (χ0n) is 11.9. The minimum atomic E-state index is 0.697. The lowest BCUT2D eigenvalue weighted by Gasteiger charge is -2.12. The van der Waals surface area contributed by atoms with Crippen LogP contribution in [0.15, 0.2) is 24.4 Å². The van der Waals surface area contributed by atoms with Gasteiger partial charge in [-0.3, -0.25) is 4.98 Å². The van der Waals surface area contributed by atoms with Gasteiger partial charge >= 0.3 is 0 Å². The lowest BCUT2D eigenvalue weighted by atomic mass is 10.1. The van der Waals surface area contributed by atoms with Crippen LogP contribution < -0.4 is 5.32 Å². The van der Waals surface area contributed by atoms with E-state index in [4.69, 9.17) is 4.98 Å². The topological polar surface area (TPSA) is 50.7 Å². The van der Waals surface area contributed by atoms with Crippen molar-refractivity contribution in [1.29, 1.82) is 0 Å². The molecule has 0 unspecified atom stereocenters. The highest BCUT2D eigenvalue weighted by Gasteiger charge is 2.16. The summed E-state index contributed by atoms with van der Waals surface area (Å²) in [5, 5.41) is 3.24. The molecule has 4 nitrogen and oxygen atoms in total. The van der Waals surface area contributed by atoms with Crippen LogP contribution in [-0.2, 0) is 19.3 Å². The summed E-state index contributed by atoms with van der Waals surface area (Å²) in [6.45, 7) is 0. The Morgan fingerprint density at radius 3 is 2.80 bits per heavy atom. The van der Waals surface area contributed by atoms with Crippen molar-refractivity contribution in [2.75, 3.05) is 12.4 Å². The fourth-order valence-corrected chi connectivity index (χ4v) is 2.77. The molecule has 0 saturated heterocycles. The highest BCUT2D eigenvalue weighted by molar-refractivity contribution is 5.47. The number of rotatable bonds is 3. The fourth-order valence-electron chi connectivity index (χ4n) is 2.77. The third-order valence-electron chi connectivity index (χ3n) is 3.78. The second-order valence-corrected chi connectivity index (χ2v) is 5.22. The maximum Gasteiger partial charge on any atom is 0.136 e. The molecule has 0 radical (unpaired) electrons. The Labute approximate surface area is 119 Å². The third-order valence-corrected chi connectivity index (χ3v) is 3.78. The Morgan fingerprint density at radius 1 is 1.10 bits per heavy atom. The molecule has 4 heteroatoms. The van der Waals surface area contributed by atoms with Gasteiger partial charge in [-0.25, -0.2) is 9.97 Å². The highest BCUT2D eigenvalue weighted by Crippen LogP contribution is 2.25. The van der Waals surface area contributed by atoms with Crippen molar-refractivity contribution in [2.45, 2.75) is 38.5 Å². The van der Waals surface area contributed by atoms with Crippen molar-refractivity contribution in [3.05, 3.63) is 47.2 Å². The number of pyridine rings is 1. The first kappa shape index (κ1) is 13.0. The van der Waals surface area contributed by atoms with Gasteiger partial charge in [0.15, 0.2) is 0 Å².